The van der Waals surface area contributed by atoms with Crippen molar-refractivity contribution in [3.8, 4) is 0 Å². The summed E-state index contributed by atoms with van der Waals surface area (Å²) in [6.07, 6.45) is 2.84. The minimum atomic E-state index is -0.201. The van der Waals surface area contributed by atoms with Crippen molar-refractivity contribution in [2.75, 3.05) is 6.54 Å². The molecule has 1 atom stereocenters. The van der Waals surface area contributed by atoms with Crippen LogP contribution in [-0.2, 0) is 6.54 Å². The third kappa shape index (κ3) is 3.52. The van der Waals surface area contributed by atoms with Gasteiger partial charge in [-0.05, 0) is 59.1 Å². The number of hydrogen-bond acceptors (Lipinski definition) is 2. The molecule has 5 heteroatoms. The summed E-state index contributed by atoms with van der Waals surface area (Å²) < 4.78 is 16.4. The number of nitrogens with zero attached hydrogens (tertiary/aromatic N) is 2. The van der Waals surface area contributed by atoms with E-state index in [1.54, 1.807) is 6.07 Å². The van der Waals surface area contributed by atoms with Crippen molar-refractivity contribution >= 4 is 15.9 Å². The maximum absolute atomic E-state index is 13.4. The molecule has 1 aromatic heterocycles. The minimum absolute atomic E-state index is 0.000903. The average Bonchev–Trinajstić information content (AvgIpc) is 2.79. The molecule has 114 valence electrons. The summed E-state index contributed by atoms with van der Waals surface area (Å²) in [6, 6.07) is 4.95. The number of halogens is 2. The summed E-state index contributed by atoms with van der Waals surface area (Å²) >= 11 is 3.60. The molecule has 1 N–H and O–H groups in total. The molecule has 0 fully saturated rings. The van der Waals surface area contributed by atoms with E-state index in [0.29, 0.717) is 0 Å². The second-order valence-corrected chi connectivity index (χ2v) is 5.95. The highest BCUT2D eigenvalue weighted by atomic mass is 79.9. The number of benzene rings is 1. The lowest BCUT2D eigenvalue weighted by atomic mass is 9.98. The maximum atomic E-state index is 13.4. The molecule has 0 aliphatic heterocycles. The SMILES string of the molecule is CCCn1ncc(Br)c1C(NCC)c1ccc(F)cc1C. The molecule has 0 amide bonds. The van der Waals surface area contributed by atoms with Crippen LogP contribution in [0.2, 0.25) is 0 Å². The van der Waals surface area contributed by atoms with Crippen LogP contribution < -0.4 is 5.32 Å². The monoisotopic (exact) mass is 353 g/mol. The molecule has 0 radical (unpaired) electrons. The van der Waals surface area contributed by atoms with Crippen LogP contribution in [0.25, 0.3) is 0 Å². The van der Waals surface area contributed by atoms with Crippen molar-refractivity contribution in [1.82, 2.24) is 15.1 Å². The lowest BCUT2D eigenvalue weighted by Crippen LogP contribution is -2.26. The number of aryl methyl sites for hydroxylation is 2. The quantitative estimate of drug-likeness (QED) is 0.843. The van der Waals surface area contributed by atoms with Gasteiger partial charge in [-0.15, -0.1) is 0 Å². The second kappa shape index (κ2) is 7.18. The first-order valence-electron chi connectivity index (χ1n) is 7.29. The zero-order chi connectivity index (χ0) is 15.4. The van der Waals surface area contributed by atoms with E-state index >= 15 is 0 Å². The summed E-state index contributed by atoms with van der Waals surface area (Å²) in [5, 5.41) is 7.93. The van der Waals surface area contributed by atoms with E-state index in [1.165, 1.54) is 6.07 Å². The normalized spacial score (nSPS) is 12.6. The summed E-state index contributed by atoms with van der Waals surface area (Å²) in [5.74, 6) is -0.201. The van der Waals surface area contributed by atoms with E-state index in [4.69, 9.17) is 0 Å². The lowest BCUT2D eigenvalue weighted by Gasteiger charge is -2.22. The van der Waals surface area contributed by atoms with Crippen LogP contribution in [0.4, 0.5) is 4.39 Å². The first kappa shape index (κ1) is 16.2. The van der Waals surface area contributed by atoms with Crippen LogP contribution in [-0.4, -0.2) is 16.3 Å². The highest BCUT2D eigenvalue weighted by molar-refractivity contribution is 9.10. The van der Waals surface area contributed by atoms with Gasteiger partial charge in [-0.3, -0.25) is 4.68 Å². The van der Waals surface area contributed by atoms with Crippen LogP contribution in [0.3, 0.4) is 0 Å². The fraction of sp³-hybridized carbons (Fsp3) is 0.438. The zero-order valence-electron chi connectivity index (χ0n) is 12.7. The van der Waals surface area contributed by atoms with Crippen molar-refractivity contribution in [2.24, 2.45) is 0 Å². The molecule has 2 aromatic rings. The van der Waals surface area contributed by atoms with E-state index in [-0.39, 0.29) is 11.9 Å². The van der Waals surface area contributed by atoms with Gasteiger partial charge in [-0.2, -0.15) is 5.10 Å². The maximum Gasteiger partial charge on any atom is 0.123 e. The van der Waals surface area contributed by atoms with Gasteiger partial charge in [0.1, 0.15) is 5.82 Å². The Morgan fingerprint density at radius 1 is 1.38 bits per heavy atom. The molecule has 1 aromatic carbocycles. The number of rotatable bonds is 6. The molecular weight excluding hydrogens is 333 g/mol. The molecule has 0 spiro atoms. The van der Waals surface area contributed by atoms with E-state index in [9.17, 15) is 4.39 Å². The Labute approximate surface area is 133 Å². The largest absolute Gasteiger partial charge is 0.305 e. The first-order valence-corrected chi connectivity index (χ1v) is 8.08. The fourth-order valence-corrected chi connectivity index (χ4v) is 3.10. The third-order valence-electron chi connectivity index (χ3n) is 3.49. The van der Waals surface area contributed by atoms with Gasteiger partial charge in [0.25, 0.3) is 0 Å². The van der Waals surface area contributed by atoms with Gasteiger partial charge in [0.2, 0.25) is 0 Å². The molecule has 0 saturated heterocycles. The Morgan fingerprint density at radius 3 is 2.76 bits per heavy atom. The lowest BCUT2D eigenvalue weighted by molar-refractivity contribution is 0.517. The van der Waals surface area contributed by atoms with E-state index < -0.39 is 0 Å². The Morgan fingerprint density at radius 2 is 2.14 bits per heavy atom. The average molecular weight is 354 g/mol. The molecule has 1 heterocycles. The number of aromatic nitrogens is 2. The third-order valence-corrected chi connectivity index (χ3v) is 4.10. The zero-order valence-corrected chi connectivity index (χ0v) is 14.2. The predicted octanol–water partition coefficient (Wildman–Crippen LogP) is 4.20. The molecule has 3 nitrogen and oxygen atoms in total. The Hall–Kier alpha value is -1.20. The summed E-state index contributed by atoms with van der Waals surface area (Å²) in [5.41, 5.74) is 3.11. The van der Waals surface area contributed by atoms with E-state index in [0.717, 1.165) is 40.8 Å². The van der Waals surface area contributed by atoms with Gasteiger partial charge in [0, 0.05) is 6.54 Å². The molecule has 0 saturated carbocycles. The van der Waals surface area contributed by atoms with Crippen LogP contribution in [0.15, 0.2) is 28.9 Å². The van der Waals surface area contributed by atoms with Gasteiger partial charge in [-0.1, -0.05) is 19.9 Å². The Bertz CT molecular complexity index is 610. The molecular formula is C16H21BrFN3. The Kier molecular flexibility index (Phi) is 5.53. The topological polar surface area (TPSA) is 29.9 Å². The second-order valence-electron chi connectivity index (χ2n) is 5.09. The fourth-order valence-electron chi connectivity index (χ4n) is 2.57. The standard InChI is InChI=1S/C16H21BrFN3/c1-4-8-21-16(14(17)10-20-21)15(19-5-2)13-7-6-12(18)9-11(13)3/h6-7,9-10,15,19H,4-5,8H2,1-3H3. The van der Waals surface area contributed by atoms with Gasteiger partial charge < -0.3 is 5.32 Å². The molecule has 0 aliphatic carbocycles. The van der Waals surface area contributed by atoms with E-state index in [2.05, 4.69) is 40.2 Å². The molecule has 0 bridgehead atoms. The van der Waals surface area contributed by atoms with Crippen LogP contribution >= 0.6 is 15.9 Å². The summed E-state index contributed by atoms with van der Waals surface area (Å²) in [4.78, 5) is 0. The van der Waals surface area contributed by atoms with Crippen molar-refractivity contribution < 1.29 is 4.39 Å². The van der Waals surface area contributed by atoms with Gasteiger partial charge in [0.15, 0.2) is 0 Å². The highest BCUT2D eigenvalue weighted by Crippen LogP contribution is 2.30. The molecule has 21 heavy (non-hydrogen) atoms. The van der Waals surface area contributed by atoms with Gasteiger partial charge >= 0.3 is 0 Å². The van der Waals surface area contributed by atoms with Crippen molar-refractivity contribution in [3.63, 3.8) is 0 Å². The van der Waals surface area contributed by atoms with Crippen molar-refractivity contribution in [3.05, 3.63) is 51.5 Å². The number of hydrogen-bond donors (Lipinski definition) is 1. The van der Waals surface area contributed by atoms with Gasteiger partial charge in [0.05, 0.1) is 22.4 Å². The minimum Gasteiger partial charge on any atom is -0.305 e. The smallest absolute Gasteiger partial charge is 0.123 e. The van der Waals surface area contributed by atoms with E-state index in [1.807, 2.05) is 23.9 Å². The molecule has 2 rings (SSSR count). The van der Waals surface area contributed by atoms with Crippen LogP contribution in [0, 0.1) is 12.7 Å². The summed E-state index contributed by atoms with van der Waals surface area (Å²) in [6.45, 7) is 7.83. The molecule has 0 aliphatic rings. The Balaban J connectivity index is 2.50. The van der Waals surface area contributed by atoms with Crippen molar-refractivity contribution in [2.45, 2.75) is 39.8 Å². The van der Waals surface area contributed by atoms with Crippen molar-refractivity contribution in [1.29, 1.82) is 0 Å². The summed E-state index contributed by atoms with van der Waals surface area (Å²) in [7, 11) is 0. The van der Waals surface area contributed by atoms with Crippen LogP contribution in [0.1, 0.15) is 43.1 Å². The van der Waals surface area contributed by atoms with Gasteiger partial charge in [-0.25, -0.2) is 4.39 Å². The van der Waals surface area contributed by atoms with Crippen LogP contribution in [0.5, 0.6) is 0 Å². The number of nitrogens with one attached hydrogen (secondary N) is 1. The predicted molar refractivity (Wildman–Crippen MR) is 86.9 cm³/mol. The molecule has 1 unspecified atom stereocenters. The highest BCUT2D eigenvalue weighted by Gasteiger charge is 2.22. The first-order chi connectivity index (χ1) is 10.1.